The van der Waals surface area contributed by atoms with Crippen LogP contribution in [0.25, 0.3) is 0 Å². The van der Waals surface area contributed by atoms with E-state index in [9.17, 15) is 29.7 Å². The lowest BCUT2D eigenvalue weighted by molar-refractivity contribution is -0.214. The van der Waals surface area contributed by atoms with Crippen molar-refractivity contribution < 1.29 is 48.7 Å². The lowest BCUT2D eigenvalue weighted by Gasteiger charge is -2.54. The Morgan fingerprint density at radius 3 is 2.29 bits per heavy atom. The highest BCUT2D eigenvalue weighted by Gasteiger charge is 2.87. The summed E-state index contributed by atoms with van der Waals surface area (Å²) in [5, 5.41) is 33.4. The second-order valence-electron chi connectivity index (χ2n) is 10.4. The van der Waals surface area contributed by atoms with Crippen LogP contribution in [0.4, 0.5) is 0 Å². The maximum absolute atomic E-state index is 12.8. The molecule has 0 radical (unpaired) electrons. The highest BCUT2D eigenvalue weighted by Crippen LogP contribution is 2.65. The molecule has 0 aromatic carbocycles. The van der Waals surface area contributed by atoms with Gasteiger partial charge in [0.1, 0.15) is 18.3 Å². The van der Waals surface area contributed by atoms with Crippen LogP contribution < -0.4 is 0 Å². The molecule has 3 N–H and O–H groups in total. The molecule has 0 aromatic rings. The highest BCUT2D eigenvalue weighted by molar-refractivity contribution is 5.89. The van der Waals surface area contributed by atoms with Gasteiger partial charge in [0.05, 0.1) is 11.7 Å². The average Bonchev–Trinajstić information content (AvgIpc) is 3.30. The van der Waals surface area contributed by atoms with E-state index in [-0.39, 0.29) is 6.42 Å². The number of fused-ring (bicyclic) bond motifs is 1. The summed E-state index contributed by atoms with van der Waals surface area (Å²) in [6.07, 6.45) is -1.29. The van der Waals surface area contributed by atoms with Gasteiger partial charge in [0.15, 0.2) is 17.3 Å². The van der Waals surface area contributed by atoms with Crippen molar-refractivity contribution in [1.82, 2.24) is 0 Å². The number of hydrogen-bond acceptors (Lipinski definition) is 10. The first-order chi connectivity index (χ1) is 15.6. The van der Waals surface area contributed by atoms with Gasteiger partial charge < -0.3 is 34.3 Å². The minimum Gasteiger partial charge on any atom is -0.462 e. The second kappa shape index (κ2) is 7.61. The van der Waals surface area contributed by atoms with Crippen molar-refractivity contribution in [3.8, 4) is 0 Å². The van der Waals surface area contributed by atoms with Crippen molar-refractivity contribution in [2.45, 2.75) is 95.3 Å². The zero-order chi connectivity index (χ0) is 25.4. The third-order valence-corrected chi connectivity index (χ3v) is 8.06. The predicted octanol–water partition coefficient (Wildman–Crippen LogP) is 0.318. The van der Waals surface area contributed by atoms with Crippen molar-refractivity contribution in [3.63, 3.8) is 0 Å². The fourth-order valence-electron chi connectivity index (χ4n) is 6.11. The molecule has 34 heavy (non-hydrogen) atoms. The molecule has 10 atom stereocenters. The van der Waals surface area contributed by atoms with Crippen LogP contribution in [0.2, 0.25) is 0 Å². The normalized spacial score (nSPS) is 49.6. The van der Waals surface area contributed by atoms with Crippen molar-refractivity contribution >= 4 is 17.9 Å². The molecule has 1 spiro atoms. The van der Waals surface area contributed by atoms with Gasteiger partial charge in [-0.1, -0.05) is 19.1 Å². The standard InChI is InChI=1S/C24H32O10/c1-11-9-17-24(23(6,34-24)20(29)33-17)19(32-13(3)26)18-21(4,8-7-15(28)22(18,5)30)16(10-14(11)27)31-12(2)25/h7-9,14-19,27-28,30H,10H2,1-6H3. The van der Waals surface area contributed by atoms with Gasteiger partial charge in [-0.2, -0.15) is 0 Å². The number of carbonyl (C=O) groups excluding carboxylic acids is 3. The Morgan fingerprint density at radius 1 is 1.12 bits per heavy atom. The first-order valence-corrected chi connectivity index (χ1v) is 11.3. The Labute approximate surface area is 197 Å². The highest BCUT2D eigenvalue weighted by atomic mass is 16.7. The van der Waals surface area contributed by atoms with Gasteiger partial charge in [-0.15, -0.1) is 0 Å². The number of carbonyl (C=O) groups is 3. The van der Waals surface area contributed by atoms with E-state index in [1.807, 2.05) is 0 Å². The van der Waals surface area contributed by atoms with Gasteiger partial charge in [0, 0.05) is 31.6 Å². The van der Waals surface area contributed by atoms with E-state index >= 15 is 0 Å². The van der Waals surface area contributed by atoms with E-state index in [2.05, 4.69) is 0 Å². The van der Waals surface area contributed by atoms with E-state index in [4.69, 9.17) is 18.9 Å². The summed E-state index contributed by atoms with van der Waals surface area (Å²) in [4.78, 5) is 37.2. The van der Waals surface area contributed by atoms with Crippen LogP contribution in [0.3, 0.4) is 0 Å². The molecular weight excluding hydrogens is 448 g/mol. The largest absolute Gasteiger partial charge is 0.462 e. The van der Waals surface area contributed by atoms with Gasteiger partial charge in [0.25, 0.3) is 0 Å². The van der Waals surface area contributed by atoms with Crippen LogP contribution >= 0.6 is 0 Å². The Bertz CT molecular complexity index is 984. The zero-order valence-corrected chi connectivity index (χ0v) is 20.1. The van der Waals surface area contributed by atoms with Crippen molar-refractivity contribution in [2.75, 3.05) is 0 Å². The predicted molar refractivity (Wildman–Crippen MR) is 115 cm³/mol. The fraction of sp³-hybridized carbons (Fsp3) is 0.708. The molecule has 0 bridgehead atoms. The summed E-state index contributed by atoms with van der Waals surface area (Å²) in [5.74, 6) is -3.11. The van der Waals surface area contributed by atoms with Crippen molar-refractivity contribution in [3.05, 3.63) is 23.8 Å². The third kappa shape index (κ3) is 3.26. The average molecular weight is 481 g/mol. The smallest absolute Gasteiger partial charge is 0.342 e. The number of esters is 3. The molecule has 2 saturated heterocycles. The number of epoxide rings is 1. The summed E-state index contributed by atoms with van der Waals surface area (Å²) >= 11 is 0. The molecule has 4 rings (SSSR count). The van der Waals surface area contributed by atoms with Crippen molar-refractivity contribution in [2.24, 2.45) is 11.3 Å². The molecule has 2 aliphatic heterocycles. The quantitative estimate of drug-likeness (QED) is 0.218. The Morgan fingerprint density at radius 2 is 1.74 bits per heavy atom. The van der Waals surface area contributed by atoms with Crippen LogP contribution in [0, 0.1) is 11.3 Å². The minimum absolute atomic E-state index is 0.0516. The number of aliphatic hydroxyl groups is 3. The molecule has 2 fully saturated rings. The fourth-order valence-corrected chi connectivity index (χ4v) is 6.11. The lowest BCUT2D eigenvalue weighted by atomic mass is 9.55. The van der Waals surface area contributed by atoms with Crippen LogP contribution in [0.15, 0.2) is 23.8 Å². The van der Waals surface area contributed by atoms with Crippen LogP contribution in [0.1, 0.15) is 48.0 Å². The Kier molecular flexibility index (Phi) is 5.56. The number of aliphatic hydroxyl groups excluding tert-OH is 2. The van der Waals surface area contributed by atoms with Gasteiger partial charge in [-0.05, 0) is 32.4 Å². The van der Waals surface area contributed by atoms with Crippen LogP contribution in [-0.4, -0.2) is 80.6 Å². The first kappa shape index (κ1) is 24.8. The van der Waals surface area contributed by atoms with E-state index < -0.39 is 76.6 Å². The molecule has 0 aromatic heterocycles. The van der Waals surface area contributed by atoms with E-state index in [0.29, 0.717) is 5.57 Å². The number of rotatable bonds is 2. The molecule has 10 heteroatoms. The van der Waals surface area contributed by atoms with Gasteiger partial charge >= 0.3 is 17.9 Å². The Hall–Kier alpha value is -2.27. The summed E-state index contributed by atoms with van der Waals surface area (Å²) in [5.41, 5.74) is -5.74. The molecule has 0 saturated carbocycles. The molecule has 10 unspecified atom stereocenters. The van der Waals surface area contributed by atoms with Crippen LogP contribution in [-0.2, 0) is 33.3 Å². The second-order valence-corrected chi connectivity index (χ2v) is 10.4. The summed E-state index contributed by atoms with van der Waals surface area (Å²) in [6.45, 7) is 8.66. The molecule has 10 nitrogen and oxygen atoms in total. The zero-order valence-electron chi connectivity index (χ0n) is 20.1. The van der Waals surface area contributed by atoms with E-state index in [1.165, 1.54) is 39.8 Å². The molecule has 2 heterocycles. The van der Waals surface area contributed by atoms with Crippen molar-refractivity contribution in [1.29, 1.82) is 0 Å². The summed E-state index contributed by atoms with van der Waals surface area (Å²) in [7, 11) is 0. The van der Waals surface area contributed by atoms with E-state index in [0.717, 1.165) is 0 Å². The molecule has 4 aliphatic rings. The minimum atomic E-state index is -1.91. The number of ether oxygens (including phenoxy) is 4. The van der Waals surface area contributed by atoms with Gasteiger partial charge in [-0.3, -0.25) is 9.59 Å². The molecule has 188 valence electrons. The summed E-state index contributed by atoms with van der Waals surface area (Å²) < 4.78 is 23.0. The van der Waals surface area contributed by atoms with E-state index in [1.54, 1.807) is 19.9 Å². The molecular formula is C24H32O10. The third-order valence-electron chi connectivity index (χ3n) is 8.06. The summed E-state index contributed by atoms with van der Waals surface area (Å²) in [6, 6.07) is 0. The first-order valence-electron chi connectivity index (χ1n) is 11.3. The Balaban J connectivity index is 2.02. The molecule has 0 amide bonds. The van der Waals surface area contributed by atoms with Crippen LogP contribution in [0.5, 0.6) is 0 Å². The number of hydrogen-bond donors (Lipinski definition) is 3. The van der Waals surface area contributed by atoms with Gasteiger partial charge in [0.2, 0.25) is 0 Å². The monoisotopic (exact) mass is 480 g/mol. The van der Waals surface area contributed by atoms with Gasteiger partial charge in [-0.25, -0.2) is 4.79 Å². The topological polar surface area (TPSA) is 152 Å². The SMILES string of the molecule is CC(=O)OC1CC(O)C(C)=CC2OC(=O)C3(C)OC23C(OC(C)=O)C2C(C)(O)C(O)C=CC12C. The molecule has 2 aliphatic carbocycles. The lowest BCUT2D eigenvalue weighted by Crippen LogP contribution is -2.66. The maximum Gasteiger partial charge on any atom is 0.342 e. The maximum atomic E-state index is 12.8.